The monoisotopic (exact) mass is 286 g/mol. The lowest BCUT2D eigenvalue weighted by Crippen LogP contribution is -2.28. The van der Waals surface area contributed by atoms with Crippen LogP contribution in [0.25, 0.3) is 0 Å². The molecule has 0 bridgehead atoms. The van der Waals surface area contributed by atoms with Gasteiger partial charge in [0, 0.05) is 0 Å². The third-order valence-electron chi connectivity index (χ3n) is 5.55. The van der Waals surface area contributed by atoms with Gasteiger partial charge in [-0.05, 0) is 35.0 Å². The van der Waals surface area contributed by atoms with Gasteiger partial charge in [0.25, 0.3) is 0 Å². The third-order valence-corrected chi connectivity index (χ3v) is 5.55. The largest absolute Gasteiger partial charge is 0.127 e. The molecule has 0 nitrogen and oxygen atoms in total. The number of hydrogen-bond donors (Lipinski definition) is 0. The second kappa shape index (κ2) is 7.42. The van der Waals surface area contributed by atoms with Crippen LogP contribution in [-0.2, 0) is 0 Å². The van der Waals surface area contributed by atoms with Gasteiger partial charge in [-0.15, -0.1) is 10.9 Å². The van der Waals surface area contributed by atoms with Crippen molar-refractivity contribution in [3.63, 3.8) is 0 Å². The quantitative estimate of drug-likeness (QED) is 0.491. The zero-order valence-corrected chi connectivity index (χ0v) is 16.1. The van der Waals surface area contributed by atoms with Crippen molar-refractivity contribution in [3.8, 4) is 0 Å². The Kier molecular flexibility index (Phi) is 7.38. The van der Waals surface area contributed by atoms with E-state index >= 15 is 0 Å². The first-order valence-corrected chi connectivity index (χ1v) is 8.53. The molecule has 21 heavy (non-hydrogen) atoms. The maximum absolute atomic E-state index is 6.46. The molecule has 0 fully saturated rings. The van der Waals surface area contributed by atoms with Crippen LogP contribution in [0, 0.1) is 22.2 Å². The van der Waals surface area contributed by atoms with E-state index in [1.54, 1.807) is 0 Å². The molecule has 4 radical (unpaired) electrons. The summed E-state index contributed by atoms with van der Waals surface area (Å²) in [6, 6.07) is 0. The molecular weight excluding hydrogens is 250 g/mol. The van der Waals surface area contributed by atoms with Crippen LogP contribution in [-0.4, -0.2) is 15.7 Å². The molecule has 1 unspecified atom stereocenters. The van der Waals surface area contributed by atoms with E-state index in [1.807, 2.05) is 0 Å². The van der Waals surface area contributed by atoms with Gasteiger partial charge in [-0.25, -0.2) is 0 Å². The number of hydrogen-bond acceptors (Lipinski definition) is 0. The molecule has 0 saturated carbocycles. The van der Waals surface area contributed by atoms with Gasteiger partial charge in [-0.3, -0.25) is 0 Å². The van der Waals surface area contributed by atoms with Gasteiger partial charge in [-0.2, -0.15) is 0 Å². The number of rotatable bonds is 8. The molecule has 2 heteroatoms. The first-order chi connectivity index (χ1) is 9.29. The number of allylic oxidation sites excluding steroid dienone is 2. The highest BCUT2D eigenvalue weighted by Crippen LogP contribution is 2.42. The molecule has 0 aliphatic heterocycles. The van der Waals surface area contributed by atoms with E-state index in [9.17, 15) is 0 Å². The minimum Gasteiger partial charge on any atom is -0.127 e. The fourth-order valence-electron chi connectivity index (χ4n) is 3.16. The smallest absolute Gasteiger partial charge is 0.107 e. The molecule has 1 atom stereocenters. The Morgan fingerprint density at radius 1 is 0.952 bits per heavy atom. The van der Waals surface area contributed by atoms with Gasteiger partial charge < -0.3 is 0 Å². The summed E-state index contributed by atoms with van der Waals surface area (Å²) in [6.07, 6.45) is 4.27. The van der Waals surface area contributed by atoms with Crippen molar-refractivity contribution in [2.45, 2.75) is 88.0 Å². The summed E-state index contributed by atoms with van der Waals surface area (Å²) in [5.41, 5.74) is 2.22. The van der Waals surface area contributed by atoms with Crippen LogP contribution in [0.3, 0.4) is 0 Å². The molecule has 0 aliphatic rings. The molecule has 0 rings (SSSR count). The Balaban J connectivity index is 5.21. The first-order valence-electron chi connectivity index (χ1n) is 8.53. The van der Waals surface area contributed by atoms with E-state index in [0.717, 1.165) is 30.2 Å². The second-order valence-corrected chi connectivity index (χ2v) is 8.99. The van der Waals surface area contributed by atoms with Crippen molar-refractivity contribution in [1.82, 2.24) is 0 Å². The molecule has 0 heterocycles. The molecule has 118 valence electrons. The highest BCUT2D eigenvalue weighted by molar-refractivity contribution is 6.32. The standard InChI is InChI=1S/C19H36B2/c1-10-14(3)18(6,7)12-15(20)16(21)19(8,9)13-17(4,5)11-2/h14H,10-13H2,1-9H3/b16-15+. The lowest BCUT2D eigenvalue weighted by Gasteiger charge is -2.39. The van der Waals surface area contributed by atoms with E-state index in [1.165, 1.54) is 6.42 Å². The van der Waals surface area contributed by atoms with Gasteiger partial charge in [0.1, 0.15) is 15.7 Å². The van der Waals surface area contributed by atoms with Gasteiger partial charge in [0.15, 0.2) is 0 Å². The molecular formula is C19H36B2. The minimum atomic E-state index is -0.0465. The zero-order chi connectivity index (χ0) is 17.1. The predicted molar refractivity (Wildman–Crippen MR) is 98.9 cm³/mol. The third kappa shape index (κ3) is 6.25. The van der Waals surface area contributed by atoms with Crippen molar-refractivity contribution in [2.24, 2.45) is 22.2 Å². The summed E-state index contributed by atoms with van der Waals surface area (Å²) >= 11 is 0. The van der Waals surface area contributed by atoms with E-state index < -0.39 is 0 Å². The highest BCUT2D eigenvalue weighted by atomic mass is 14.3. The lowest BCUT2D eigenvalue weighted by molar-refractivity contribution is 0.215. The molecule has 0 aromatic rings. The second-order valence-electron chi connectivity index (χ2n) is 8.99. The maximum atomic E-state index is 6.46. The van der Waals surface area contributed by atoms with E-state index in [2.05, 4.69) is 62.3 Å². The van der Waals surface area contributed by atoms with Gasteiger partial charge >= 0.3 is 0 Å². The summed E-state index contributed by atoms with van der Waals surface area (Å²) < 4.78 is 0. The normalized spacial score (nSPS) is 16.6. The fourth-order valence-corrected chi connectivity index (χ4v) is 3.16. The molecule has 0 N–H and O–H groups in total. The van der Waals surface area contributed by atoms with Crippen LogP contribution in [0.1, 0.15) is 88.0 Å². The van der Waals surface area contributed by atoms with Crippen molar-refractivity contribution < 1.29 is 0 Å². The van der Waals surface area contributed by atoms with Gasteiger partial charge in [0.2, 0.25) is 0 Å². The van der Waals surface area contributed by atoms with Crippen molar-refractivity contribution in [3.05, 3.63) is 10.9 Å². The zero-order valence-electron chi connectivity index (χ0n) is 16.1. The van der Waals surface area contributed by atoms with Gasteiger partial charge in [0.05, 0.1) is 0 Å². The lowest BCUT2D eigenvalue weighted by atomic mass is 9.58. The summed E-state index contributed by atoms with van der Waals surface area (Å²) in [6.45, 7) is 20.4. The molecule has 0 aromatic heterocycles. The van der Waals surface area contributed by atoms with Crippen LogP contribution in [0.15, 0.2) is 10.9 Å². The molecule has 0 amide bonds. The molecule has 0 saturated heterocycles. The van der Waals surface area contributed by atoms with Crippen molar-refractivity contribution in [1.29, 1.82) is 0 Å². The molecule has 0 aromatic carbocycles. The summed E-state index contributed by atoms with van der Waals surface area (Å²) in [4.78, 5) is 0. The Hall–Kier alpha value is -0.130. The Bertz CT molecular complexity index is 362. The Morgan fingerprint density at radius 2 is 1.43 bits per heavy atom. The average molecular weight is 286 g/mol. The van der Waals surface area contributed by atoms with Crippen LogP contribution in [0.2, 0.25) is 0 Å². The Morgan fingerprint density at radius 3 is 1.81 bits per heavy atom. The predicted octanol–water partition coefficient (Wildman–Crippen LogP) is 5.85. The van der Waals surface area contributed by atoms with Crippen LogP contribution in [0.5, 0.6) is 0 Å². The van der Waals surface area contributed by atoms with Crippen LogP contribution in [0.4, 0.5) is 0 Å². The van der Waals surface area contributed by atoms with Crippen LogP contribution >= 0.6 is 0 Å². The fraction of sp³-hybridized carbons (Fsp3) is 0.895. The maximum Gasteiger partial charge on any atom is 0.107 e. The van der Waals surface area contributed by atoms with Crippen molar-refractivity contribution >= 4 is 15.7 Å². The summed E-state index contributed by atoms with van der Waals surface area (Å²) in [5, 5.41) is 0. The summed E-state index contributed by atoms with van der Waals surface area (Å²) in [5.74, 6) is 0.638. The first kappa shape index (κ1) is 20.9. The Labute approximate surface area is 137 Å². The van der Waals surface area contributed by atoms with Crippen molar-refractivity contribution in [2.75, 3.05) is 0 Å². The SMILES string of the molecule is [B]/C(CC(C)(C)C(C)CC)=C(/[B])C(C)(C)CC(C)(C)CC. The topological polar surface area (TPSA) is 0 Å². The summed E-state index contributed by atoms with van der Waals surface area (Å²) in [7, 11) is 12.9. The van der Waals surface area contributed by atoms with Crippen LogP contribution < -0.4 is 0 Å². The highest BCUT2D eigenvalue weighted by Gasteiger charge is 2.31. The van der Waals surface area contributed by atoms with E-state index in [4.69, 9.17) is 15.7 Å². The molecule has 0 spiro atoms. The minimum absolute atomic E-state index is 0.0465. The van der Waals surface area contributed by atoms with E-state index in [0.29, 0.717) is 11.3 Å². The van der Waals surface area contributed by atoms with Gasteiger partial charge in [-0.1, -0.05) is 75.2 Å². The molecule has 0 aliphatic carbocycles. The average Bonchev–Trinajstić information content (AvgIpc) is 2.34. The van der Waals surface area contributed by atoms with E-state index in [-0.39, 0.29) is 10.8 Å².